The zero-order valence-electron chi connectivity index (χ0n) is 15.3. The summed E-state index contributed by atoms with van der Waals surface area (Å²) >= 11 is 11.4. The fourth-order valence-corrected chi connectivity index (χ4v) is 3.70. The van der Waals surface area contributed by atoms with E-state index in [1.807, 2.05) is 6.92 Å². The average molecular weight is 414 g/mol. The first-order chi connectivity index (χ1) is 12.7. The van der Waals surface area contributed by atoms with Crippen molar-refractivity contribution in [3.8, 4) is 0 Å². The first-order valence-electron chi connectivity index (χ1n) is 8.04. The number of hydrogen-bond donors (Lipinski definition) is 1. The molecule has 0 radical (unpaired) electrons. The van der Waals surface area contributed by atoms with E-state index in [-0.39, 0.29) is 16.8 Å². The maximum Gasteiger partial charge on any atom is 0.337 e. The minimum Gasteiger partial charge on any atom is -0.466 e. The zero-order valence-corrected chi connectivity index (χ0v) is 16.9. The van der Waals surface area contributed by atoms with Crippen LogP contribution in [0.3, 0.4) is 0 Å². The first kappa shape index (κ1) is 21.1. The molecule has 0 bridgehead atoms. The number of benzene rings is 1. The van der Waals surface area contributed by atoms with E-state index in [4.69, 9.17) is 33.3 Å². The summed E-state index contributed by atoms with van der Waals surface area (Å²) < 4.78 is 10.1. The van der Waals surface area contributed by atoms with Gasteiger partial charge in [0.05, 0.1) is 36.3 Å². The van der Waals surface area contributed by atoms with Gasteiger partial charge in [0.2, 0.25) is 0 Å². The third kappa shape index (κ3) is 4.20. The molecule has 1 N–H and O–H groups in total. The number of thiocarbonyl (C=S) groups is 1. The molecule has 146 valence electrons. The Morgan fingerprint density at radius 2 is 2.15 bits per heavy atom. The normalized spacial score (nSPS) is 18.2. The number of esters is 1. The second-order valence-electron chi connectivity index (χ2n) is 6.02. The van der Waals surface area contributed by atoms with Gasteiger partial charge in [-0.15, -0.1) is 0 Å². The van der Waals surface area contributed by atoms with Gasteiger partial charge in [-0.05, 0) is 37.7 Å². The van der Waals surface area contributed by atoms with Crippen molar-refractivity contribution in [2.45, 2.75) is 25.9 Å². The Kier molecular flexibility index (Phi) is 6.74. The van der Waals surface area contributed by atoms with Crippen LogP contribution in [0.4, 0.5) is 5.69 Å². The van der Waals surface area contributed by atoms with Gasteiger partial charge in [0, 0.05) is 18.9 Å². The van der Waals surface area contributed by atoms with Crippen molar-refractivity contribution in [3.63, 3.8) is 0 Å². The molecule has 10 heteroatoms. The van der Waals surface area contributed by atoms with Crippen molar-refractivity contribution in [2.24, 2.45) is 0 Å². The molecule has 1 aliphatic rings. The summed E-state index contributed by atoms with van der Waals surface area (Å²) in [7, 11) is 2.85. The summed E-state index contributed by atoms with van der Waals surface area (Å²) in [5.74, 6) is -0.556. The van der Waals surface area contributed by atoms with Crippen LogP contribution in [0.5, 0.6) is 0 Å². The van der Waals surface area contributed by atoms with Crippen molar-refractivity contribution in [2.75, 3.05) is 20.8 Å². The maximum atomic E-state index is 12.5. The number of hydrogen-bond acceptors (Lipinski definition) is 6. The molecule has 27 heavy (non-hydrogen) atoms. The maximum absolute atomic E-state index is 12.5. The number of ether oxygens (including phenoxy) is 2. The number of carbonyl (C=O) groups excluding carboxylic acids is 1. The van der Waals surface area contributed by atoms with Gasteiger partial charge in [-0.2, -0.15) is 0 Å². The summed E-state index contributed by atoms with van der Waals surface area (Å²) in [4.78, 5) is 24.9. The number of halogens is 1. The smallest absolute Gasteiger partial charge is 0.337 e. The van der Waals surface area contributed by atoms with Gasteiger partial charge in [0.15, 0.2) is 5.11 Å². The average Bonchev–Trinajstić information content (AvgIpc) is 2.61. The summed E-state index contributed by atoms with van der Waals surface area (Å²) in [6, 6.07) is 3.53. The summed E-state index contributed by atoms with van der Waals surface area (Å²) in [6.45, 7) is 4.05. The van der Waals surface area contributed by atoms with E-state index < -0.39 is 16.9 Å². The van der Waals surface area contributed by atoms with E-state index in [9.17, 15) is 14.9 Å². The summed E-state index contributed by atoms with van der Waals surface area (Å²) in [6.07, 6.45) is 0. The number of nitro groups is 1. The third-order valence-electron chi connectivity index (χ3n) is 4.28. The highest BCUT2D eigenvalue weighted by molar-refractivity contribution is 7.80. The van der Waals surface area contributed by atoms with Gasteiger partial charge in [0.25, 0.3) is 5.69 Å². The van der Waals surface area contributed by atoms with Gasteiger partial charge >= 0.3 is 5.97 Å². The van der Waals surface area contributed by atoms with E-state index in [1.54, 1.807) is 25.0 Å². The lowest BCUT2D eigenvalue weighted by Crippen LogP contribution is -2.52. The minimum atomic E-state index is -0.702. The van der Waals surface area contributed by atoms with Crippen LogP contribution in [0.2, 0.25) is 5.02 Å². The number of methoxy groups -OCH3 is 2. The molecule has 0 aromatic heterocycles. The molecule has 1 aliphatic heterocycles. The van der Waals surface area contributed by atoms with E-state index in [0.717, 1.165) is 0 Å². The standard InChI is InChI=1S/C17H20ClN3O5S/c1-9(8-25-3)20-10(2)14(16(22)26-4)15(19-17(20)27)11-5-6-12(18)13(7-11)21(23)24/h5-7,9,15H,8H2,1-4H3,(H,19,27)/t9-,15-/m1/s1. The fourth-order valence-electron chi connectivity index (χ4n) is 3.08. The topological polar surface area (TPSA) is 93.9 Å². The van der Waals surface area contributed by atoms with E-state index in [2.05, 4.69) is 5.32 Å². The van der Waals surface area contributed by atoms with Crippen LogP contribution in [0.1, 0.15) is 25.5 Å². The minimum absolute atomic E-state index is 0.0119. The van der Waals surface area contributed by atoms with E-state index in [1.165, 1.54) is 19.2 Å². The largest absolute Gasteiger partial charge is 0.466 e. The molecule has 1 aromatic carbocycles. The number of nitrogens with zero attached hydrogens (tertiary/aromatic N) is 2. The molecular formula is C17H20ClN3O5S. The molecule has 1 heterocycles. The van der Waals surface area contributed by atoms with Crippen LogP contribution in [0, 0.1) is 10.1 Å². The van der Waals surface area contributed by atoms with Crippen LogP contribution >= 0.6 is 23.8 Å². The number of rotatable bonds is 6. The monoisotopic (exact) mass is 413 g/mol. The Hall–Kier alpha value is -2.23. The van der Waals surface area contributed by atoms with Gasteiger partial charge < -0.3 is 19.7 Å². The molecule has 0 amide bonds. The van der Waals surface area contributed by atoms with Gasteiger partial charge in [-0.3, -0.25) is 10.1 Å². The quantitative estimate of drug-likeness (QED) is 0.329. The second-order valence-corrected chi connectivity index (χ2v) is 6.81. The Balaban J connectivity index is 2.60. The Labute approximate surface area is 167 Å². The highest BCUT2D eigenvalue weighted by atomic mass is 35.5. The van der Waals surface area contributed by atoms with Gasteiger partial charge in [0.1, 0.15) is 5.02 Å². The fraction of sp³-hybridized carbons (Fsp3) is 0.412. The second kappa shape index (κ2) is 8.64. The van der Waals surface area contributed by atoms with Crippen molar-refractivity contribution in [1.29, 1.82) is 0 Å². The van der Waals surface area contributed by atoms with Crippen molar-refractivity contribution >= 4 is 40.6 Å². The van der Waals surface area contributed by atoms with E-state index in [0.29, 0.717) is 28.6 Å². The Morgan fingerprint density at radius 3 is 2.70 bits per heavy atom. The molecule has 8 nitrogen and oxygen atoms in total. The molecule has 0 saturated heterocycles. The number of nitro benzene ring substituents is 1. The SMILES string of the molecule is COC[C@@H](C)N1C(=S)N[C@H](c2ccc(Cl)c([N+](=O)[O-])c2)C(C(=O)OC)=C1C. The number of nitrogens with one attached hydrogen (secondary N) is 1. The van der Waals surface area contributed by atoms with Crippen LogP contribution in [0.15, 0.2) is 29.5 Å². The van der Waals surface area contributed by atoms with Crippen LogP contribution < -0.4 is 5.32 Å². The van der Waals surface area contributed by atoms with Crippen molar-refractivity contribution in [1.82, 2.24) is 10.2 Å². The highest BCUT2D eigenvalue weighted by Gasteiger charge is 2.37. The molecule has 0 spiro atoms. The molecule has 1 aromatic rings. The van der Waals surface area contributed by atoms with Gasteiger partial charge in [-0.1, -0.05) is 17.7 Å². The molecule has 2 rings (SSSR count). The summed E-state index contributed by atoms with van der Waals surface area (Å²) in [5, 5.41) is 14.7. The van der Waals surface area contributed by atoms with E-state index >= 15 is 0 Å². The number of allylic oxidation sites excluding steroid dienone is 1. The first-order valence-corrected chi connectivity index (χ1v) is 8.83. The van der Waals surface area contributed by atoms with Gasteiger partial charge in [-0.25, -0.2) is 4.79 Å². The molecule has 0 saturated carbocycles. The molecule has 2 atom stereocenters. The Morgan fingerprint density at radius 1 is 1.48 bits per heavy atom. The molecule has 0 unspecified atom stereocenters. The third-order valence-corrected chi connectivity index (χ3v) is 4.91. The lowest BCUT2D eigenvalue weighted by Gasteiger charge is -2.40. The molecule has 0 fully saturated rings. The van der Waals surface area contributed by atoms with Crippen LogP contribution in [-0.4, -0.2) is 47.8 Å². The zero-order chi connectivity index (χ0) is 20.3. The number of carbonyl (C=O) groups is 1. The predicted octanol–water partition coefficient (Wildman–Crippen LogP) is 2.96. The summed E-state index contributed by atoms with van der Waals surface area (Å²) in [5.41, 5.74) is 1.13. The van der Waals surface area contributed by atoms with Crippen molar-refractivity contribution < 1.29 is 19.2 Å². The lowest BCUT2D eigenvalue weighted by molar-refractivity contribution is -0.384. The van der Waals surface area contributed by atoms with Crippen LogP contribution in [-0.2, 0) is 14.3 Å². The molecule has 0 aliphatic carbocycles. The highest BCUT2D eigenvalue weighted by Crippen LogP contribution is 2.35. The molecular weight excluding hydrogens is 394 g/mol. The predicted molar refractivity (Wildman–Crippen MR) is 104 cm³/mol. The van der Waals surface area contributed by atoms with Crippen LogP contribution in [0.25, 0.3) is 0 Å². The lowest BCUT2D eigenvalue weighted by atomic mass is 9.94. The Bertz CT molecular complexity index is 814. The van der Waals surface area contributed by atoms with Crippen molar-refractivity contribution in [3.05, 3.63) is 50.2 Å².